The summed E-state index contributed by atoms with van der Waals surface area (Å²) in [6, 6.07) is 3.34. The summed E-state index contributed by atoms with van der Waals surface area (Å²) in [5.41, 5.74) is 1.09. The number of carboxylic acids is 1. The molecule has 0 aromatic carbocycles. The van der Waals surface area contributed by atoms with Gasteiger partial charge in [-0.3, -0.25) is 0 Å². The number of carbonyl (C=O) groups is 1. The van der Waals surface area contributed by atoms with Crippen molar-refractivity contribution in [2.75, 3.05) is 23.4 Å². The van der Waals surface area contributed by atoms with Crippen LogP contribution in [0.4, 0.5) is 5.82 Å². The zero-order chi connectivity index (χ0) is 13.0. The van der Waals surface area contributed by atoms with Crippen molar-refractivity contribution in [3.8, 4) is 0 Å². The summed E-state index contributed by atoms with van der Waals surface area (Å²) in [5, 5.41) is 12.3. The third-order valence-electron chi connectivity index (χ3n) is 3.16. The third kappa shape index (κ3) is 3.38. The summed E-state index contributed by atoms with van der Waals surface area (Å²) in [6.07, 6.45) is 2.40. The van der Waals surface area contributed by atoms with Gasteiger partial charge in [-0.2, -0.15) is 11.8 Å². The molecule has 1 aromatic heterocycles. The molecule has 4 nitrogen and oxygen atoms in total. The van der Waals surface area contributed by atoms with Crippen molar-refractivity contribution in [1.82, 2.24) is 4.98 Å². The fraction of sp³-hybridized carbons (Fsp3) is 0.538. The molecule has 0 saturated carbocycles. The topological polar surface area (TPSA) is 62.2 Å². The van der Waals surface area contributed by atoms with Crippen LogP contribution in [0.3, 0.4) is 0 Å². The lowest BCUT2D eigenvalue weighted by Crippen LogP contribution is -2.21. The Bertz CT molecular complexity index is 431. The Labute approximate surface area is 111 Å². The van der Waals surface area contributed by atoms with Crippen molar-refractivity contribution < 1.29 is 9.90 Å². The van der Waals surface area contributed by atoms with Crippen molar-refractivity contribution in [2.24, 2.45) is 5.92 Å². The summed E-state index contributed by atoms with van der Waals surface area (Å²) in [5.74, 6) is 2.62. The number of pyridine rings is 1. The molecular weight excluding hydrogens is 248 g/mol. The molecule has 0 aliphatic carbocycles. The quantitative estimate of drug-likeness (QED) is 0.877. The Morgan fingerprint density at radius 3 is 2.89 bits per heavy atom. The molecule has 5 heteroatoms. The molecule has 18 heavy (non-hydrogen) atoms. The van der Waals surface area contributed by atoms with E-state index in [4.69, 9.17) is 5.11 Å². The Hall–Kier alpha value is -1.23. The molecule has 0 amide bonds. The fourth-order valence-corrected chi connectivity index (χ4v) is 3.26. The van der Waals surface area contributed by atoms with Crippen LogP contribution < -0.4 is 5.32 Å². The van der Waals surface area contributed by atoms with E-state index in [0.717, 1.165) is 12.2 Å². The second-order valence-corrected chi connectivity index (χ2v) is 5.82. The van der Waals surface area contributed by atoms with Crippen LogP contribution in [0.15, 0.2) is 12.1 Å². The van der Waals surface area contributed by atoms with Crippen molar-refractivity contribution in [1.29, 1.82) is 0 Å². The van der Waals surface area contributed by atoms with E-state index in [0.29, 0.717) is 11.7 Å². The van der Waals surface area contributed by atoms with E-state index >= 15 is 0 Å². The predicted molar refractivity (Wildman–Crippen MR) is 74.5 cm³/mol. The van der Waals surface area contributed by atoms with Gasteiger partial charge in [-0.1, -0.05) is 0 Å². The number of hydrogen-bond donors (Lipinski definition) is 2. The van der Waals surface area contributed by atoms with Gasteiger partial charge in [-0.25, -0.2) is 9.78 Å². The molecule has 0 spiro atoms. The highest BCUT2D eigenvalue weighted by atomic mass is 32.2. The van der Waals surface area contributed by atoms with Crippen LogP contribution in [0, 0.1) is 12.8 Å². The van der Waals surface area contributed by atoms with Gasteiger partial charge in [0, 0.05) is 12.2 Å². The van der Waals surface area contributed by atoms with Gasteiger partial charge < -0.3 is 10.4 Å². The Morgan fingerprint density at radius 1 is 1.50 bits per heavy atom. The van der Waals surface area contributed by atoms with E-state index in [1.165, 1.54) is 24.3 Å². The van der Waals surface area contributed by atoms with Gasteiger partial charge in [0.25, 0.3) is 0 Å². The molecule has 2 rings (SSSR count). The van der Waals surface area contributed by atoms with Gasteiger partial charge in [0.1, 0.15) is 11.4 Å². The maximum absolute atomic E-state index is 11.1. The lowest BCUT2D eigenvalue weighted by atomic mass is 10.0. The smallest absolute Gasteiger partial charge is 0.339 e. The maximum Gasteiger partial charge on any atom is 0.339 e. The van der Waals surface area contributed by atoms with Crippen LogP contribution >= 0.6 is 11.8 Å². The number of anilines is 1. The molecule has 0 bridgehead atoms. The average Bonchev–Trinajstić information content (AvgIpc) is 2.37. The van der Waals surface area contributed by atoms with Crippen LogP contribution in [-0.4, -0.2) is 34.1 Å². The fourth-order valence-electron chi connectivity index (χ4n) is 2.06. The zero-order valence-electron chi connectivity index (χ0n) is 10.5. The molecule has 98 valence electrons. The summed E-state index contributed by atoms with van der Waals surface area (Å²) in [7, 11) is 0. The monoisotopic (exact) mass is 266 g/mol. The first-order chi connectivity index (χ1) is 8.66. The van der Waals surface area contributed by atoms with Gasteiger partial charge in [0.15, 0.2) is 0 Å². The molecule has 2 N–H and O–H groups in total. The minimum Gasteiger partial charge on any atom is -0.478 e. The molecule has 1 aliphatic heterocycles. The number of thioether (sulfide) groups is 1. The molecule has 0 atom stereocenters. The Kier molecular flexibility index (Phi) is 4.47. The minimum atomic E-state index is -0.927. The van der Waals surface area contributed by atoms with Crippen molar-refractivity contribution >= 4 is 23.5 Å². The van der Waals surface area contributed by atoms with Gasteiger partial charge >= 0.3 is 5.97 Å². The number of aromatic carboxylic acids is 1. The summed E-state index contributed by atoms with van der Waals surface area (Å²) in [4.78, 5) is 15.4. The van der Waals surface area contributed by atoms with Crippen LogP contribution in [-0.2, 0) is 0 Å². The molecule has 1 fully saturated rings. The van der Waals surface area contributed by atoms with Crippen LogP contribution in [0.5, 0.6) is 0 Å². The summed E-state index contributed by atoms with van der Waals surface area (Å²) < 4.78 is 0. The molecule has 0 unspecified atom stereocenters. The van der Waals surface area contributed by atoms with Crippen molar-refractivity contribution in [3.05, 3.63) is 23.4 Å². The van der Waals surface area contributed by atoms with E-state index in [9.17, 15) is 4.79 Å². The molecule has 2 heterocycles. The van der Waals surface area contributed by atoms with E-state index in [1.54, 1.807) is 12.1 Å². The van der Waals surface area contributed by atoms with Gasteiger partial charge in [0.2, 0.25) is 0 Å². The maximum atomic E-state index is 11.1. The van der Waals surface area contributed by atoms with E-state index in [2.05, 4.69) is 10.3 Å². The van der Waals surface area contributed by atoms with Crippen LogP contribution in [0.1, 0.15) is 28.9 Å². The van der Waals surface area contributed by atoms with E-state index in [-0.39, 0.29) is 5.56 Å². The number of nitrogens with zero attached hydrogens (tertiary/aromatic N) is 1. The molecule has 1 saturated heterocycles. The minimum absolute atomic E-state index is 0.255. The predicted octanol–water partition coefficient (Wildman–Crippen LogP) is 2.64. The first kappa shape index (κ1) is 13.2. The summed E-state index contributed by atoms with van der Waals surface area (Å²) in [6.45, 7) is 2.69. The standard InChI is InChI=1S/C13H18N2O2S/c1-9-2-3-11(13(16)17)12(15-9)14-8-10-4-6-18-7-5-10/h2-3,10H,4-8H2,1H3,(H,14,15)(H,16,17). The number of hydrogen-bond acceptors (Lipinski definition) is 4. The van der Waals surface area contributed by atoms with Crippen LogP contribution in [0.2, 0.25) is 0 Å². The van der Waals surface area contributed by atoms with Crippen molar-refractivity contribution in [3.63, 3.8) is 0 Å². The SMILES string of the molecule is Cc1ccc(C(=O)O)c(NCC2CCSCC2)n1. The highest BCUT2D eigenvalue weighted by Gasteiger charge is 2.16. The van der Waals surface area contributed by atoms with E-state index < -0.39 is 5.97 Å². The van der Waals surface area contributed by atoms with Crippen molar-refractivity contribution in [2.45, 2.75) is 19.8 Å². The first-order valence-corrected chi connectivity index (χ1v) is 7.35. The van der Waals surface area contributed by atoms with Crippen LogP contribution in [0.25, 0.3) is 0 Å². The largest absolute Gasteiger partial charge is 0.478 e. The van der Waals surface area contributed by atoms with E-state index in [1.807, 2.05) is 18.7 Å². The Balaban J connectivity index is 2.03. The average molecular weight is 266 g/mol. The highest BCUT2D eigenvalue weighted by Crippen LogP contribution is 2.23. The molecule has 0 radical (unpaired) electrons. The number of nitrogens with one attached hydrogen (secondary N) is 1. The Morgan fingerprint density at radius 2 is 2.22 bits per heavy atom. The molecule has 1 aliphatic rings. The first-order valence-electron chi connectivity index (χ1n) is 6.19. The molecular formula is C13H18N2O2S. The van der Waals surface area contributed by atoms with Gasteiger partial charge in [-0.05, 0) is 49.3 Å². The normalized spacial score (nSPS) is 16.5. The number of aryl methyl sites for hydroxylation is 1. The van der Waals surface area contributed by atoms with Gasteiger partial charge in [0.05, 0.1) is 0 Å². The number of rotatable bonds is 4. The zero-order valence-corrected chi connectivity index (χ0v) is 11.3. The lowest BCUT2D eigenvalue weighted by molar-refractivity contribution is 0.0697. The summed E-state index contributed by atoms with van der Waals surface area (Å²) >= 11 is 1.99. The third-order valence-corrected chi connectivity index (χ3v) is 4.21. The second-order valence-electron chi connectivity index (χ2n) is 4.59. The second kappa shape index (κ2) is 6.09. The van der Waals surface area contributed by atoms with Gasteiger partial charge in [-0.15, -0.1) is 0 Å². The lowest BCUT2D eigenvalue weighted by Gasteiger charge is -2.22. The number of aromatic nitrogens is 1. The molecule has 1 aromatic rings. The highest BCUT2D eigenvalue weighted by molar-refractivity contribution is 7.99. The number of carboxylic acid groups (broad SMARTS) is 1.